The maximum atomic E-state index is 11.1. The molecule has 21 heavy (non-hydrogen) atoms. The van der Waals surface area contributed by atoms with Crippen LogP contribution >= 0.6 is 0 Å². The van der Waals surface area contributed by atoms with Gasteiger partial charge in [-0.3, -0.25) is 4.79 Å². The summed E-state index contributed by atoms with van der Waals surface area (Å²) < 4.78 is 0. The maximum absolute atomic E-state index is 11.1. The number of benzene rings is 2. The quantitative estimate of drug-likeness (QED) is 0.791. The minimum absolute atomic E-state index is 0.00229. The summed E-state index contributed by atoms with van der Waals surface area (Å²) in [6.07, 6.45) is 0.00229. The van der Waals surface area contributed by atoms with Gasteiger partial charge in [-0.2, -0.15) is 0 Å². The lowest BCUT2D eigenvalue weighted by Gasteiger charge is -2.09. The van der Waals surface area contributed by atoms with E-state index >= 15 is 0 Å². The molecule has 3 nitrogen and oxygen atoms in total. The number of aromatic nitrogens is 1. The molecule has 104 valence electrons. The molecule has 0 spiro atoms. The Bertz CT molecular complexity index is 810. The Morgan fingerprint density at radius 3 is 2.57 bits per heavy atom. The van der Waals surface area contributed by atoms with Crippen molar-refractivity contribution < 1.29 is 9.90 Å². The van der Waals surface area contributed by atoms with Crippen LogP contribution in [-0.4, -0.2) is 16.1 Å². The van der Waals surface area contributed by atoms with Gasteiger partial charge in [0.1, 0.15) is 0 Å². The monoisotopic (exact) mass is 277 g/mol. The van der Waals surface area contributed by atoms with Gasteiger partial charge in [-0.05, 0) is 30.7 Å². The molecular formula is C18H15NO2. The summed E-state index contributed by atoms with van der Waals surface area (Å²) in [5.74, 6) is -0.831. The molecule has 0 radical (unpaired) electrons. The lowest BCUT2D eigenvalue weighted by molar-refractivity contribution is -0.136. The molecule has 3 rings (SSSR count). The lowest BCUT2D eigenvalue weighted by Crippen LogP contribution is -2.02. The zero-order valence-corrected chi connectivity index (χ0v) is 11.7. The summed E-state index contributed by atoms with van der Waals surface area (Å²) in [6.45, 7) is 2.00. The second-order valence-corrected chi connectivity index (χ2v) is 5.12. The smallest absolute Gasteiger partial charge is 0.307 e. The van der Waals surface area contributed by atoms with E-state index in [0.717, 1.165) is 33.3 Å². The molecule has 0 unspecified atom stereocenters. The highest BCUT2D eigenvalue weighted by molar-refractivity contribution is 5.88. The van der Waals surface area contributed by atoms with Crippen molar-refractivity contribution in [3.8, 4) is 11.3 Å². The Hall–Kier alpha value is -2.68. The van der Waals surface area contributed by atoms with Crippen LogP contribution in [0.3, 0.4) is 0 Å². The molecule has 0 bridgehead atoms. The van der Waals surface area contributed by atoms with E-state index in [4.69, 9.17) is 5.11 Å². The van der Waals surface area contributed by atoms with E-state index in [2.05, 4.69) is 4.98 Å². The Morgan fingerprint density at radius 1 is 1.10 bits per heavy atom. The molecule has 0 aliphatic rings. The zero-order valence-electron chi connectivity index (χ0n) is 11.7. The maximum Gasteiger partial charge on any atom is 0.307 e. The van der Waals surface area contributed by atoms with Gasteiger partial charge in [-0.1, -0.05) is 42.0 Å². The van der Waals surface area contributed by atoms with E-state index in [1.165, 1.54) is 0 Å². The first kappa shape index (κ1) is 13.3. The first-order valence-corrected chi connectivity index (χ1v) is 6.81. The molecule has 2 aromatic carbocycles. The first-order valence-electron chi connectivity index (χ1n) is 6.81. The van der Waals surface area contributed by atoms with Gasteiger partial charge in [0.25, 0.3) is 0 Å². The predicted molar refractivity (Wildman–Crippen MR) is 83.3 cm³/mol. The van der Waals surface area contributed by atoms with E-state index < -0.39 is 5.97 Å². The molecule has 0 atom stereocenters. The molecule has 3 aromatic rings. The fourth-order valence-electron chi connectivity index (χ4n) is 2.48. The second kappa shape index (κ2) is 5.37. The summed E-state index contributed by atoms with van der Waals surface area (Å²) in [4.78, 5) is 15.8. The number of carboxylic acids is 1. The van der Waals surface area contributed by atoms with Gasteiger partial charge in [0.2, 0.25) is 0 Å². The Balaban J connectivity index is 2.24. The van der Waals surface area contributed by atoms with Crippen molar-refractivity contribution in [2.75, 3.05) is 0 Å². The van der Waals surface area contributed by atoms with Crippen molar-refractivity contribution in [3.63, 3.8) is 0 Å². The van der Waals surface area contributed by atoms with Crippen molar-refractivity contribution in [1.82, 2.24) is 4.98 Å². The number of hydrogen-bond acceptors (Lipinski definition) is 2. The number of fused-ring (bicyclic) bond motifs is 1. The molecule has 0 amide bonds. The number of carboxylic acid groups (broad SMARTS) is 1. The summed E-state index contributed by atoms with van der Waals surface area (Å²) in [6, 6.07) is 17.6. The second-order valence-electron chi connectivity index (χ2n) is 5.12. The number of rotatable bonds is 3. The number of aryl methyl sites for hydroxylation is 1. The van der Waals surface area contributed by atoms with Gasteiger partial charge in [0.15, 0.2) is 0 Å². The van der Waals surface area contributed by atoms with E-state index in [1.54, 1.807) is 0 Å². The molecule has 0 fully saturated rings. The van der Waals surface area contributed by atoms with Crippen molar-refractivity contribution in [2.24, 2.45) is 0 Å². The number of hydrogen-bond donors (Lipinski definition) is 1. The standard InChI is InChI=1S/C18H15NO2/c1-12-7-8-16-15(9-12)14(11-18(20)21)10-17(19-16)13-5-3-2-4-6-13/h2-10H,11H2,1H3,(H,20,21). The van der Waals surface area contributed by atoms with Crippen LogP contribution < -0.4 is 0 Å². The van der Waals surface area contributed by atoms with Crippen LogP contribution in [0.15, 0.2) is 54.6 Å². The summed E-state index contributed by atoms with van der Waals surface area (Å²) in [7, 11) is 0. The first-order chi connectivity index (χ1) is 10.1. The number of aliphatic carboxylic acids is 1. The fraction of sp³-hybridized carbons (Fsp3) is 0.111. The minimum atomic E-state index is -0.831. The number of carbonyl (C=O) groups is 1. The molecule has 0 saturated heterocycles. The molecule has 0 aliphatic carbocycles. The van der Waals surface area contributed by atoms with Crippen LogP contribution in [-0.2, 0) is 11.2 Å². The minimum Gasteiger partial charge on any atom is -0.481 e. The summed E-state index contributed by atoms with van der Waals surface area (Å²) in [5.41, 5.74) is 4.53. The SMILES string of the molecule is Cc1ccc2nc(-c3ccccc3)cc(CC(=O)O)c2c1. The van der Waals surface area contributed by atoms with Crippen LogP contribution in [0.5, 0.6) is 0 Å². The molecule has 0 aliphatic heterocycles. The average Bonchev–Trinajstić information content (AvgIpc) is 2.48. The third-order valence-corrected chi connectivity index (χ3v) is 3.46. The van der Waals surface area contributed by atoms with E-state index in [9.17, 15) is 4.79 Å². The number of pyridine rings is 1. The summed E-state index contributed by atoms with van der Waals surface area (Å²) >= 11 is 0. The average molecular weight is 277 g/mol. The van der Waals surface area contributed by atoms with Gasteiger partial charge in [0.05, 0.1) is 17.6 Å². The van der Waals surface area contributed by atoms with Gasteiger partial charge in [-0.25, -0.2) is 4.98 Å². The van der Waals surface area contributed by atoms with Gasteiger partial charge in [-0.15, -0.1) is 0 Å². The molecule has 3 heteroatoms. The normalized spacial score (nSPS) is 10.7. The third-order valence-electron chi connectivity index (χ3n) is 3.46. The van der Waals surface area contributed by atoms with Crippen molar-refractivity contribution in [3.05, 3.63) is 65.7 Å². The molecular weight excluding hydrogens is 262 g/mol. The highest BCUT2D eigenvalue weighted by Crippen LogP contribution is 2.26. The summed E-state index contributed by atoms with van der Waals surface area (Å²) in [5, 5.41) is 10.1. The van der Waals surface area contributed by atoms with Gasteiger partial charge < -0.3 is 5.11 Å². The molecule has 1 N–H and O–H groups in total. The van der Waals surface area contributed by atoms with Crippen molar-refractivity contribution >= 4 is 16.9 Å². The van der Waals surface area contributed by atoms with Gasteiger partial charge in [0, 0.05) is 10.9 Å². The largest absolute Gasteiger partial charge is 0.481 e. The highest BCUT2D eigenvalue weighted by Gasteiger charge is 2.10. The van der Waals surface area contributed by atoms with Gasteiger partial charge >= 0.3 is 5.97 Å². The lowest BCUT2D eigenvalue weighted by atomic mass is 10.0. The van der Waals surface area contributed by atoms with E-state index in [0.29, 0.717) is 0 Å². The number of nitrogens with zero attached hydrogens (tertiary/aromatic N) is 1. The van der Waals surface area contributed by atoms with Crippen molar-refractivity contribution in [2.45, 2.75) is 13.3 Å². The van der Waals surface area contributed by atoms with E-state index in [1.807, 2.05) is 61.5 Å². The molecule has 1 heterocycles. The van der Waals surface area contributed by atoms with E-state index in [-0.39, 0.29) is 6.42 Å². The predicted octanol–water partition coefficient (Wildman–Crippen LogP) is 3.84. The Kier molecular flexibility index (Phi) is 3.40. The Morgan fingerprint density at radius 2 is 1.86 bits per heavy atom. The highest BCUT2D eigenvalue weighted by atomic mass is 16.4. The van der Waals surface area contributed by atoms with Crippen molar-refractivity contribution in [1.29, 1.82) is 0 Å². The molecule has 0 saturated carbocycles. The van der Waals surface area contributed by atoms with Crippen LogP contribution in [0.4, 0.5) is 0 Å². The topological polar surface area (TPSA) is 50.2 Å². The van der Waals surface area contributed by atoms with Crippen LogP contribution in [0.25, 0.3) is 22.2 Å². The zero-order chi connectivity index (χ0) is 14.8. The van der Waals surface area contributed by atoms with Crippen LogP contribution in [0, 0.1) is 6.92 Å². The Labute approximate surface area is 122 Å². The molecule has 1 aromatic heterocycles. The van der Waals surface area contributed by atoms with Crippen LogP contribution in [0.2, 0.25) is 0 Å². The van der Waals surface area contributed by atoms with Crippen LogP contribution in [0.1, 0.15) is 11.1 Å². The fourth-order valence-corrected chi connectivity index (χ4v) is 2.48. The third kappa shape index (κ3) is 2.77.